The van der Waals surface area contributed by atoms with Crippen molar-refractivity contribution in [1.82, 2.24) is 9.97 Å². The van der Waals surface area contributed by atoms with Gasteiger partial charge in [-0.05, 0) is 36.4 Å². The van der Waals surface area contributed by atoms with Gasteiger partial charge in [-0.1, -0.05) is 54.6 Å². The second-order valence-electron chi connectivity index (χ2n) is 6.68. The number of nitriles is 1. The van der Waals surface area contributed by atoms with Crippen molar-refractivity contribution < 1.29 is 0 Å². The third-order valence-corrected chi connectivity index (χ3v) is 9.28. The van der Waals surface area contributed by atoms with Gasteiger partial charge in [0.15, 0.2) is 11.5 Å². The number of aromatic nitrogens is 2. The first-order valence-electron chi connectivity index (χ1n) is 9.30. The summed E-state index contributed by atoms with van der Waals surface area (Å²) >= 11 is 0. The molecule has 0 unspecified atom stereocenters. The monoisotopic (exact) mass is 395 g/mol. The molecule has 3 aromatic carbocycles. The summed E-state index contributed by atoms with van der Waals surface area (Å²) in [4.78, 5) is 8.76. The molecule has 0 saturated carbocycles. The van der Waals surface area contributed by atoms with Gasteiger partial charge >= 0.3 is 0 Å². The molecule has 1 heterocycles. The number of hydrogen-bond acceptors (Lipinski definition) is 4. The minimum Gasteiger partial charge on any atom is -0.381 e. The number of nitrogens with zero attached hydrogens (tertiary/aromatic N) is 3. The number of nitrogen functional groups attached to an aromatic ring is 1. The minimum absolute atomic E-state index is 0.164. The normalized spacial score (nSPS) is 11.0. The van der Waals surface area contributed by atoms with Crippen molar-refractivity contribution in [1.29, 1.82) is 5.26 Å². The predicted octanol–water partition coefficient (Wildman–Crippen LogP) is 3.42. The van der Waals surface area contributed by atoms with Crippen LogP contribution in [0.15, 0.2) is 97.2 Å². The summed E-state index contributed by atoms with van der Waals surface area (Å²) in [6.45, 7) is 0. The van der Waals surface area contributed by atoms with Gasteiger partial charge in [0.05, 0.1) is 11.9 Å². The Kier molecular flexibility index (Phi) is 5.33. The highest BCUT2D eigenvalue weighted by Gasteiger charge is 2.45. The second-order valence-corrected chi connectivity index (χ2v) is 10.2. The van der Waals surface area contributed by atoms with Crippen LogP contribution < -0.4 is 21.6 Å². The molecule has 4 nitrogen and oxygen atoms in total. The molecule has 4 aromatic rings. The Labute approximate surface area is 171 Å². The van der Waals surface area contributed by atoms with Gasteiger partial charge in [0.25, 0.3) is 0 Å². The van der Waals surface area contributed by atoms with Crippen molar-refractivity contribution in [3.05, 3.63) is 109 Å². The van der Waals surface area contributed by atoms with Crippen molar-refractivity contribution in [3.63, 3.8) is 0 Å². The number of benzene rings is 3. The van der Waals surface area contributed by atoms with E-state index >= 15 is 0 Å². The minimum atomic E-state index is -2.06. The van der Waals surface area contributed by atoms with Crippen molar-refractivity contribution in [2.45, 2.75) is 6.16 Å². The molecule has 0 aliphatic heterocycles. The third-order valence-electron chi connectivity index (χ3n) is 4.95. The molecule has 0 atom stereocenters. The van der Waals surface area contributed by atoms with E-state index in [0.717, 1.165) is 5.69 Å². The van der Waals surface area contributed by atoms with Crippen LogP contribution in [0.5, 0.6) is 0 Å². The Hall–Kier alpha value is -3.54. The van der Waals surface area contributed by atoms with Gasteiger partial charge < -0.3 is 5.73 Å². The van der Waals surface area contributed by atoms with Crippen LogP contribution in [-0.2, 0) is 6.16 Å². The van der Waals surface area contributed by atoms with E-state index in [0.29, 0.717) is 6.16 Å². The fourth-order valence-corrected chi connectivity index (χ4v) is 7.74. The van der Waals surface area contributed by atoms with Crippen molar-refractivity contribution in [2.75, 3.05) is 5.73 Å². The van der Waals surface area contributed by atoms with Gasteiger partial charge in [0, 0.05) is 0 Å². The molecule has 0 amide bonds. The lowest BCUT2D eigenvalue weighted by molar-refractivity contribution is 1.09. The maximum absolute atomic E-state index is 9.15. The Morgan fingerprint density at radius 2 is 1.21 bits per heavy atom. The fourth-order valence-electron chi connectivity index (χ4n) is 3.62. The lowest BCUT2D eigenvalue weighted by atomic mass is 10.3. The van der Waals surface area contributed by atoms with Gasteiger partial charge in [0.1, 0.15) is 35.4 Å². The zero-order chi connectivity index (χ0) is 20.1. The Morgan fingerprint density at radius 1 is 0.759 bits per heavy atom. The van der Waals surface area contributed by atoms with Gasteiger partial charge in [-0.15, -0.1) is 0 Å². The smallest absolute Gasteiger partial charge is 0.182 e. The lowest BCUT2D eigenvalue weighted by Crippen LogP contribution is -2.32. The molecule has 0 radical (unpaired) electrons. The van der Waals surface area contributed by atoms with Crippen molar-refractivity contribution in [3.8, 4) is 6.07 Å². The summed E-state index contributed by atoms with van der Waals surface area (Å²) in [5.74, 6) is 0.178. The number of hydrogen-bond donors (Lipinski definition) is 1. The number of rotatable bonds is 5. The highest BCUT2D eigenvalue weighted by molar-refractivity contribution is 7.95. The van der Waals surface area contributed by atoms with E-state index in [1.165, 1.54) is 15.9 Å². The molecular formula is C24H20N4P+. The maximum atomic E-state index is 9.15. The first-order chi connectivity index (χ1) is 14.2. The lowest BCUT2D eigenvalue weighted by Gasteiger charge is -2.27. The molecule has 0 saturated heterocycles. The van der Waals surface area contributed by atoms with Crippen LogP contribution >= 0.6 is 7.26 Å². The number of anilines is 1. The van der Waals surface area contributed by atoms with Crippen LogP contribution in [0.3, 0.4) is 0 Å². The maximum Gasteiger partial charge on any atom is 0.182 e. The molecule has 0 aliphatic carbocycles. The summed E-state index contributed by atoms with van der Waals surface area (Å²) in [5, 5.41) is 12.9. The molecule has 0 bridgehead atoms. The van der Waals surface area contributed by atoms with E-state index in [1.54, 1.807) is 6.20 Å². The van der Waals surface area contributed by atoms with Gasteiger partial charge in [-0.3, -0.25) is 0 Å². The standard InChI is InChI=1S/C24H20N4P/c25-16-23-24(26)28-19(17-27-23)18-29(20-10-4-1-5-11-20,21-12-6-2-7-13-21)22-14-8-3-9-15-22/h1-15,17H,18H2,(H2,26,28)/q+1. The molecule has 29 heavy (non-hydrogen) atoms. The molecule has 0 aliphatic rings. The zero-order valence-corrected chi connectivity index (χ0v) is 16.7. The third kappa shape index (κ3) is 3.61. The molecule has 0 fully saturated rings. The molecule has 5 heteroatoms. The van der Waals surface area contributed by atoms with E-state index in [4.69, 9.17) is 11.0 Å². The SMILES string of the molecule is N#Cc1ncc(C[P+](c2ccccc2)(c2ccccc2)c2ccccc2)nc1N. The largest absolute Gasteiger partial charge is 0.381 e. The highest BCUT2D eigenvalue weighted by Crippen LogP contribution is 2.57. The van der Waals surface area contributed by atoms with Gasteiger partial charge in [0.2, 0.25) is 0 Å². The Balaban J connectivity index is 1.98. The Morgan fingerprint density at radius 3 is 1.59 bits per heavy atom. The summed E-state index contributed by atoms with van der Waals surface area (Å²) in [6, 6.07) is 33.7. The fraction of sp³-hybridized carbons (Fsp3) is 0.0417. The van der Waals surface area contributed by atoms with Crippen LogP contribution in [-0.4, -0.2) is 9.97 Å². The van der Waals surface area contributed by atoms with Gasteiger partial charge in [-0.25, -0.2) is 9.97 Å². The average molecular weight is 395 g/mol. The van der Waals surface area contributed by atoms with E-state index < -0.39 is 7.26 Å². The van der Waals surface area contributed by atoms with Crippen molar-refractivity contribution in [2.24, 2.45) is 0 Å². The molecule has 2 N–H and O–H groups in total. The summed E-state index contributed by atoms with van der Waals surface area (Å²) < 4.78 is 0. The number of nitrogens with two attached hydrogens (primary N) is 1. The summed E-state index contributed by atoms with van der Waals surface area (Å²) in [5.41, 5.74) is 6.93. The van der Waals surface area contributed by atoms with E-state index in [2.05, 4.69) is 82.8 Å². The highest BCUT2D eigenvalue weighted by atomic mass is 31.2. The van der Waals surface area contributed by atoms with Crippen LogP contribution in [0.4, 0.5) is 5.82 Å². The predicted molar refractivity (Wildman–Crippen MR) is 120 cm³/mol. The van der Waals surface area contributed by atoms with E-state index in [-0.39, 0.29) is 11.5 Å². The molecular weight excluding hydrogens is 375 g/mol. The molecule has 4 rings (SSSR count). The first-order valence-corrected chi connectivity index (χ1v) is 11.3. The average Bonchev–Trinajstić information content (AvgIpc) is 2.79. The quantitative estimate of drug-likeness (QED) is 0.526. The van der Waals surface area contributed by atoms with Crippen LogP contribution in [0.2, 0.25) is 0 Å². The topological polar surface area (TPSA) is 75.6 Å². The molecule has 0 spiro atoms. The molecule has 140 valence electrons. The van der Waals surface area contributed by atoms with Gasteiger partial charge in [-0.2, -0.15) is 5.26 Å². The molecule has 1 aromatic heterocycles. The van der Waals surface area contributed by atoms with Crippen LogP contribution in [0, 0.1) is 11.3 Å². The summed E-state index contributed by atoms with van der Waals surface area (Å²) in [6.07, 6.45) is 2.35. The van der Waals surface area contributed by atoms with E-state index in [1.807, 2.05) is 24.3 Å². The van der Waals surface area contributed by atoms with Crippen molar-refractivity contribution >= 4 is 29.0 Å². The Bertz CT molecular complexity index is 1040. The summed E-state index contributed by atoms with van der Waals surface area (Å²) in [7, 11) is -2.06. The van der Waals surface area contributed by atoms with Crippen LogP contribution in [0.1, 0.15) is 11.4 Å². The van der Waals surface area contributed by atoms with E-state index in [9.17, 15) is 0 Å². The van der Waals surface area contributed by atoms with Crippen LogP contribution in [0.25, 0.3) is 0 Å². The second kappa shape index (κ2) is 8.22. The first kappa shape index (κ1) is 18.8. The zero-order valence-electron chi connectivity index (χ0n) is 15.8.